The van der Waals surface area contributed by atoms with Crippen molar-refractivity contribution in [1.82, 2.24) is 10.2 Å². The van der Waals surface area contributed by atoms with E-state index >= 15 is 0 Å². The van der Waals surface area contributed by atoms with Crippen LogP contribution in [0.25, 0.3) is 0 Å². The van der Waals surface area contributed by atoms with Crippen molar-refractivity contribution >= 4 is 11.9 Å². The summed E-state index contributed by atoms with van der Waals surface area (Å²) in [6.45, 7) is 0. The lowest BCUT2D eigenvalue weighted by atomic mass is 9.74. The van der Waals surface area contributed by atoms with Gasteiger partial charge in [0, 0.05) is 7.05 Å². The molecule has 0 spiro atoms. The minimum atomic E-state index is -0.606. The van der Waals surface area contributed by atoms with E-state index in [2.05, 4.69) is 5.32 Å². The quantitative estimate of drug-likeness (QED) is 0.723. The van der Waals surface area contributed by atoms with Crippen molar-refractivity contribution in [3.63, 3.8) is 0 Å². The molecule has 3 rings (SSSR count). The largest absolute Gasteiger partial charge is 0.393 e. The maximum absolute atomic E-state index is 12.9. The van der Waals surface area contributed by atoms with Crippen molar-refractivity contribution in [3.8, 4) is 0 Å². The van der Waals surface area contributed by atoms with Gasteiger partial charge in [0.1, 0.15) is 5.54 Å². The molecule has 2 saturated carbocycles. The van der Waals surface area contributed by atoms with Crippen molar-refractivity contribution in [2.45, 2.75) is 88.7 Å². The third kappa shape index (κ3) is 3.76. The Bertz CT molecular complexity index is 475. The van der Waals surface area contributed by atoms with Gasteiger partial charge in [-0.05, 0) is 43.9 Å². The number of amides is 1. The molecule has 24 heavy (non-hydrogen) atoms. The van der Waals surface area contributed by atoms with Crippen LogP contribution in [0, 0.1) is 17.2 Å². The predicted octanol–water partition coefficient (Wildman–Crippen LogP) is 3.02. The molecule has 1 aliphatic heterocycles. The Morgan fingerprint density at radius 1 is 1.17 bits per heavy atom. The normalized spacial score (nSPS) is 35.3. The summed E-state index contributed by atoms with van der Waals surface area (Å²) in [5, 5.41) is 21.3. The average Bonchev–Trinajstić information content (AvgIpc) is 2.78. The van der Waals surface area contributed by atoms with E-state index in [9.17, 15) is 9.90 Å². The molecular formula is C19H33N3O2. The highest BCUT2D eigenvalue weighted by molar-refractivity contribution is 6.07. The van der Waals surface area contributed by atoms with Crippen molar-refractivity contribution < 1.29 is 9.90 Å². The second kappa shape index (κ2) is 7.42. The van der Waals surface area contributed by atoms with Gasteiger partial charge in [-0.25, -0.2) is 0 Å². The summed E-state index contributed by atoms with van der Waals surface area (Å²) in [5.74, 6) is 1.42. The highest BCUT2D eigenvalue weighted by Crippen LogP contribution is 2.38. The fraction of sp³-hybridized carbons (Fsp3) is 0.895. The van der Waals surface area contributed by atoms with Crippen LogP contribution in [0.1, 0.15) is 77.0 Å². The van der Waals surface area contributed by atoms with Gasteiger partial charge < -0.3 is 10.4 Å². The zero-order valence-electron chi connectivity index (χ0n) is 15.0. The maximum atomic E-state index is 12.9. The van der Waals surface area contributed by atoms with E-state index < -0.39 is 5.54 Å². The van der Waals surface area contributed by atoms with Gasteiger partial charge in [0.05, 0.1) is 6.10 Å². The molecule has 0 unspecified atom stereocenters. The number of nitrogens with zero attached hydrogens (tertiary/aromatic N) is 1. The molecule has 0 aromatic carbocycles. The lowest BCUT2D eigenvalue weighted by Gasteiger charge is -2.35. The average molecular weight is 335 g/mol. The first kappa shape index (κ1) is 17.7. The molecule has 1 heterocycles. The fourth-order valence-electron chi connectivity index (χ4n) is 5.06. The molecule has 0 aromatic rings. The summed E-state index contributed by atoms with van der Waals surface area (Å²) in [6, 6.07) is 0. The van der Waals surface area contributed by atoms with Crippen LogP contribution in [-0.2, 0) is 4.79 Å². The number of hydrogen-bond donors (Lipinski definition) is 3. The molecule has 136 valence electrons. The standard InChI is InChI=1S/C19H33N3O2/c1-22-17(24)19(21-18(22)20,11-10-14-6-3-2-4-7-14)13-15-8-5-9-16(23)12-15/h14-16,23H,2-13H2,1H3,(H2,20,21)/t15-,16-,19+/m0/s1. The number of hydrogen-bond acceptors (Lipinski definition) is 3. The summed E-state index contributed by atoms with van der Waals surface area (Å²) >= 11 is 0. The number of likely N-dealkylation sites (N-methyl/N-ethyl adjacent to an activating group) is 1. The Labute approximate surface area is 145 Å². The van der Waals surface area contributed by atoms with E-state index in [4.69, 9.17) is 5.41 Å². The van der Waals surface area contributed by atoms with Gasteiger partial charge in [0.15, 0.2) is 5.96 Å². The molecule has 5 heteroatoms. The summed E-state index contributed by atoms with van der Waals surface area (Å²) in [7, 11) is 1.70. The van der Waals surface area contributed by atoms with E-state index in [1.165, 1.54) is 37.0 Å². The number of rotatable bonds is 5. The van der Waals surface area contributed by atoms with Crippen molar-refractivity contribution in [1.29, 1.82) is 5.41 Å². The minimum Gasteiger partial charge on any atom is -0.393 e. The Morgan fingerprint density at radius 3 is 2.50 bits per heavy atom. The molecule has 1 saturated heterocycles. The van der Waals surface area contributed by atoms with Crippen LogP contribution < -0.4 is 5.32 Å². The van der Waals surface area contributed by atoms with E-state index in [-0.39, 0.29) is 18.0 Å². The molecule has 3 aliphatic rings. The Kier molecular flexibility index (Phi) is 5.48. The molecule has 1 amide bonds. The maximum Gasteiger partial charge on any atom is 0.254 e. The highest BCUT2D eigenvalue weighted by Gasteiger charge is 2.49. The molecule has 3 N–H and O–H groups in total. The van der Waals surface area contributed by atoms with Gasteiger partial charge in [-0.1, -0.05) is 44.9 Å². The molecule has 0 radical (unpaired) electrons. The highest BCUT2D eigenvalue weighted by atomic mass is 16.3. The lowest BCUT2D eigenvalue weighted by Crippen LogP contribution is -2.49. The summed E-state index contributed by atoms with van der Waals surface area (Å²) in [4.78, 5) is 14.4. The molecular weight excluding hydrogens is 302 g/mol. The van der Waals surface area contributed by atoms with Gasteiger partial charge in [0.25, 0.3) is 5.91 Å². The Morgan fingerprint density at radius 2 is 1.88 bits per heavy atom. The molecule has 0 aromatic heterocycles. The van der Waals surface area contributed by atoms with E-state index in [0.29, 0.717) is 5.92 Å². The van der Waals surface area contributed by atoms with Crippen LogP contribution in [-0.4, -0.2) is 40.6 Å². The number of nitrogens with one attached hydrogen (secondary N) is 2. The van der Waals surface area contributed by atoms with Crippen molar-refractivity contribution in [2.75, 3.05) is 7.05 Å². The SMILES string of the molecule is CN1C(=N)N[C@](CCC2CCCCC2)(C[C@H]2CCC[C@H](O)C2)C1=O. The van der Waals surface area contributed by atoms with Crippen LogP contribution >= 0.6 is 0 Å². The number of carbonyl (C=O) groups excluding carboxylic acids is 1. The van der Waals surface area contributed by atoms with Gasteiger partial charge in [-0.3, -0.25) is 15.1 Å². The first-order valence-electron chi connectivity index (χ1n) is 9.83. The number of carbonyl (C=O) groups is 1. The third-order valence-electron chi connectivity index (χ3n) is 6.50. The van der Waals surface area contributed by atoms with Gasteiger partial charge in [-0.15, -0.1) is 0 Å². The van der Waals surface area contributed by atoms with Crippen molar-refractivity contribution in [2.24, 2.45) is 11.8 Å². The van der Waals surface area contributed by atoms with Crippen LogP contribution in [0.15, 0.2) is 0 Å². The smallest absolute Gasteiger partial charge is 0.254 e. The number of aliphatic hydroxyl groups excluding tert-OH is 1. The topological polar surface area (TPSA) is 76.4 Å². The van der Waals surface area contributed by atoms with Gasteiger partial charge in [0.2, 0.25) is 0 Å². The van der Waals surface area contributed by atoms with Gasteiger partial charge in [-0.2, -0.15) is 0 Å². The first-order valence-corrected chi connectivity index (χ1v) is 9.83. The first-order chi connectivity index (χ1) is 11.5. The molecule has 3 fully saturated rings. The Hall–Kier alpha value is -1.10. The second-order valence-corrected chi connectivity index (χ2v) is 8.35. The van der Waals surface area contributed by atoms with Crippen LogP contribution in [0.5, 0.6) is 0 Å². The second-order valence-electron chi connectivity index (χ2n) is 8.35. The Balaban J connectivity index is 1.68. The molecule has 2 aliphatic carbocycles. The number of guanidine groups is 1. The minimum absolute atomic E-state index is 0.0587. The lowest BCUT2D eigenvalue weighted by molar-refractivity contribution is -0.131. The van der Waals surface area contributed by atoms with E-state index in [0.717, 1.165) is 50.9 Å². The van der Waals surface area contributed by atoms with E-state index in [1.54, 1.807) is 7.05 Å². The summed E-state index contributed by atoms with van der Waals surface area (Å²) in [5.41, 5.74) is -0.606. The summed E-state index contributed by atoms with van der Waals surface area (Å²) in [6.07, 6.45) is 12.9. The van der Waals surface area contributed by atoms with Crippen molar-refractivity contribution in [3.05, 3.63) is 0 Å². The van der Waals surface area contributed by atoms with E-state index in [1.807, 2.05) is 0 Å². The summed E-state index contributed by atoms with van der Waals surface area (Å²) < 4.78 is 0. The molecule has 5 nitrogen and oxygen atoms in total. The van der Waals surface area contributed by atoms with Crippen LogP contribution in [0.3, 0.4) is 0 Å². The zero-order chi connectivity index (χ0) is 17.2. The van der Waals surface area contributed by atoms with Crippen LogP contribution in [0.4, 0.5) is 0 Å². The third-order valence-corrected chi connectivity index (χ3v) is 6.50. The molecule has 3 atom stereocenters. The zero-order valence-corrected chi connectivity index (χ0v) is 15.0. The molecule has 0 bridgehead atoms. The number of aliphatic hydroxyl groups is 1. The fourth-order valence-corrected chi connectivity index (χ4v) is 5.06. The van der Waals surface area contributed by atoms with Crippen LogP contribution in [0.2, 0.25) is 0 Å². The predicted molar refractivity (Wildman–Crippen MR) is 94.8 cm³/mol. The monoisotopic (exact) mass is 335 g/mol. The van der Waals surface area contributed by atoms with Gasteiger partial charge >= 0.3 is 0 Å².